The highest BCUT2D eigenvalue weighted by Crippen LogP contribution is 2.29. The number of nitro groups is 1. The smallest absolute Gasteiger partial charge is 0.296 e. The first kappa shape index (κ1) is 21.0. The van der Waals surface area contributed by atoms with Crippen molar-refractivity contribution >= 4 is 28.9 Å². The van der Waals surface area contributed by atoms with Crippen LogP contribution in [0.4, 0.5) is 11.4 Å². The number of amides is 1. The maximum absolute atomic E-state index is 12.3. The summed E-state index contributed by atoms with van der Waals surface area (Å²) >= 11 is 5.93. The second kappa shape index (κ2) is 9.69. The highest BCUT2D eigenvalue weighted by Gasteiger charge is 2.23. The Labute approximate surface area is 173 Å². The summed E-state index contributed by atoms with van der Waals surface area (Å²) in [5.41, 5.74) is 0.992. The van der Waals surface area contributed by atoms with Crippen LogP contribution in [0.5, 0.6) is 5.75 Å². The van der Waals surface area contributed by atoms with Crippen LogP contribution in [0.2, 0.25) is 5.02 Å². The fourth-order valence-corrected chi connectivity index (χ4v) is 3.28. The van der Waals surface area contributed by atoms with Crippen molar-refractivity contribution in [2.75, 3.05) is 38.7 Å². The van der Waals surface area contributed by atoms with E-state index in [0.29, 0.717) is 30.5 Å². The Bertz CT molecular complexity index is 875. The van der Waals surface area contributed by atoms with E-state index in [4.69, 9.17) is 21.1 Å². The summed E-state index contributed by atoms with van der Waals surface area (Å²) in [5, 5.41) is 14.5. The third kappa shape index (κ3) is 5.66. The Morgan fingerprint density at radius 2 is 2.10 bits per heavy atom. The van der Waals surface area contributed by atoms with Crippen LogP contribution in [-0.2, 0) is 9.53 Å². The van der Waals surface area contributed by atoms with E-state index in [9.17, 15) is 14.9 Å². The van der Waals surface area contributed by atoms with Gasteiger partial charge in [0.1, 0.15) is 11.4 Å². The van der Waals surface area contributed by atoms with Crippen molar-refractivity contribution in [3.8, 4) is 5.75 Å². The summed E-state index contributed by atoms with van der Waals surface area (Å²) in [4.78, 5) is 25.2. The van der Waals surface area contributed by atoms with Gasteiger partial charge in [-0.1, -0.05) is 23.7 Å². The number of hydrogen-bond acceptors (Lipinski definition) is 6. The van der Waals surface area contributed by atoms with Crippen LogP contribution in [-0.4, -0.2) is 49.1 Å². The van der Waals surface area contributed by atoms with Crippen LogP contribution in [0.3, 0.4) is 0 Å². The zero-order valence-corrected chi connectivity index (χ0v) is 16.7. The molecule has 0 bridgehead atoms. The molecule has 3 rings (SSSR count). The molecule has 1 amide bonds. The van der Waals surface area contributed by atoms with Gasteiger partial charge in [0.2, 0.25) is 5.91 Å². The summed E-state index contributed by atoms with van der Waals surface area (Å²) in [6.45, 7) is 2.49. The molecule has 1 atom stereocenters. The van der Waals surface area contributed by atoms with Crippen LogP contribution in [0.15, 0.2) is 42.5 Å². The molecule has 8 nitrogen and oxygen atoms in total. The lowest BCUT2D eigenvalue weighted by Crippen LogP contribution is -2.39. The van der Waals surface area contributed by atoms with Crippen molar-refractivity contribution < 1.29 is 19.2 Å². The van der Waals surface area contributed by atoms with Crippen molar-refractivity contribution in [3.05, 3.63) is 63.2 Å². The standard InChI is InChI=1S/C20H22ClN3O5/c1-28-16-6-7-17(18(12-16)24(26)27)22-20(25)8-9-23-10-11-29-19(13-23)14-2-4-15(21)5-3-14/h2-7,12,19H,8-11,13H2,1H3,(H,22,25)/t19-/m0/s1. The van der Waals surface area contributed by atoms with Gasteiger partial charge in [0.15, 0.2) is 0 Å². The molecule has 154 valence electrons. The number of nitro benzene ring substituents is 1. The Hall–Kier alpha value is -2.68. The molecule has 0 spiro atoms. The second-order valence-electron chi connectivity index (χ2n) is 6.65. The zero-order chi connectivity index (χ0) is 20.8. The van der Waals surface area contributed by atoms with Gasteiger partial charge in [-0.2, -0.15) is 0 Å². The summed E-state index contributed by atoms with van der Waals surface area (Å²) in [7, 11) is 1.43. The molecule has 29 heavy (non-hydrogen) atoms. The van der Waals surface area contributed by atoms with Gasteiger partial charge in [0.05, 0.1) is 30.8 Å². The Morgan fingerprint density at radius 1 is 1.34 bits per heavy atom. The van der Waals surface area contributed by atoms with Gasteiger partial charge in [-0.25, -0.2) is 0 Å². The normalized spacial score (nSPS) is 17.0. The molecule has 0 radical (unpaired) electrons. The first-order chi connectivity index (χ1) is 14.0. The van der Waals surface area contributed by atoms with E-state index in [1.54, 1.807) is 6.07 Å². The number of benzene rings is 2. The summed E-state index contributed by atoms with van der Waals surface area (Å²) in [6, 6.07) is 11.9. The largest absolute Gasteiger partial charge is 0.496 e. The van der Waals surface area contributed by atoms with Gasteiger partial charge in [-0.15, -0.1) is 0 Å². The molecule has 0 aromatic heterocycles. The zero-order valence-electron chi connectivity index (χ0n) is 16.0. The fraction of sp³-hybridized carbons (Fsp3) is 0.350. The van der Waals surface area contributed by atoms with E-state index in [1.165, 1.54) is 19.2 Å². The van der Waals surface area contributed by atoms with Gasteiger partial charge < -0.3 is 14.8 Å². The maximum Gasteiger partial charge on any atom is 0.296 e. The average Bonchev–Trinajstić information content (AvgIpc) is 2.73. The highest BCUT2D eigenvalue weighted by atomic mass is 35.5. The first-order valence-corrected chi connectivity index (χ1v) is 9.56. The summed E-state index contributed by atoms with van der Waals surface area (Å²) in [5.74, 6) is 0.0732. The van der Waals surface area contributed by atoms with Crippen LogP contribution in [0.25, 0.3) is 0 Å². The molecular formula is C20H22ClN3O5. The van der Waals surface area contributed by atoms with Crippen LogP contribution < -0.4 is 10.1 Å². The number of halogens is 1. The lowest BCUT2D eigenvalue weighted by Gasteiger charge is -2.33. The number of nitrogens with zero attached hydrogens (tertiary/aromatic N) is 2. The van der Waals surface area contributed by atoms with Crippen molar-refractivity contribution in [2.24, 2.45) is 0 Å². The average molecular weight is 420 g/mol. The molecule has 1 aliphatic rings. The van der Waals surface area contributed by atoms with Crippen molar-refractivity contribution in [2.45, 2.75) is 12.5 Å². The second-order valence-corrected chi connectivity index (χ2v) is 7.09. The number of nitrogens with one attached hydrogen (secondary N) is 1. The fourth-order valence-electron chi connectivity index (χ4n) is 3.15. The quantitative estimate of drug-likeness (QED) is 0.543. The molecule has 1 heterocycles. The Balaban J connectivity index is 1.55. The van der Waals surface area contributed by atoms with Crippen molar-refractivity contribution in [1.29, 1.82) is 0 Å². The molecular weight excluding hydrogens is 398 g/mol. The molecule has 0 saturated carbocycles. The number of ether oxygens (including phenoxy) is 2. The minimum absolute atomic E-state index is 0.0771. The minimum Gasteiger partial charge on any atom is -0.496 e. The molecule has 1 N–H and O–H groups in total. The number of carbonyl (C=O) groups excluding carboxylic acids is 1. The molecule has 2 aromatic carbocycles. The lowest BCUT2D eigenvalue weighted by molar-refractivity contribution is -0.384. The van der Waals surface area contributed by atoms with Gasteiger partial charge >= 0.3 is 0 Å². The van der Waals surface area contributed by atoms with E-state index in [0.717, 1.165) is 12.1 Å². The van der Waals surface area contributed by atoms with Crippen molar-refractivity contribution in [3.63, 3.8) is 0 Å². The third-order valence-electron chi connectivity index (χ3n) is 4.72. The van der Waals surface area contributed by atoms with Gasteiger partial charge in [-0.05, 0) is 29.8 Å². The van der Waals surface area contributed by atoms with Crippen LogP contribution >= 0.6 is 11.6 Å². The number of hydrogen-bond donors (Lipinski definition) is 1. The van der Waals surface area contributed by atoms with E-state index in [2.05, 4.69) is 10.2 Å². The first-order valence-electron chi connectivity index (χ1n) is 9.18. The van der Waals surface area contributed by atoms with Gasteiger partial charge in [0.25, 0.3) is 5.69 Å². The number of anilines is 1. The molecule has 1 saturated heterocycles. The molecule has 1 aliphatic heterocycles. The summed E-state index contributed by atoms with van der Waals surface area (Å²) < 4.78 is 10.8. The number of rotatable bonds is 7. The Kier molecular flexibility index (Phi) is 7.03. The monoisotopic (exact) mass is 419 g/mol. The molecule has 9 heteroatoms. The van der Waals surface area contributed by atoms with E-state index in [1.807, 2.05) is 24.3 Å². The molecule has 0 unspecified atom stereocenters. The third-order valence-corrected chi connectivity index (χ3v) is 4.98. The van der Waals surface area contributed by atoms with Gasteiger partial charge in [0, 0.05) is 31.1 Å². The van der Waals surface area contributed by atoms with E-state index >= 15 is 0 Å². The number of morpholine rings is 1. The van der Waals surface area contributed by atoms with Crippen molar-refractivity contribution in [1.82, 2.24) is 4.90 Å². The molecule has 1 fully saturated rings. The SMILES string of the molecule is COc1ccc(NC(=O)CCN2CCO[C@H](c3ccc(Cl)cc3)C2)c([N+](=O)[O-])c1. The minimum atomic E-state index is -0.545. The number of carbonyl (C=O) groups is 1. The summed E-state index contributed by atoms with van der Waals surface area (Å²) in [6.07, 6.45) is 0.142. The predicted octanol–water partition coefficient (Wildman–Crippen LogP) is 3.66. The number of methoxy groups -OCH3 is 1. The predicted molar refractivity (Wildman–Crippen MR) is 109 cm³/mol. The van der Waals surface area contributed by atoms with Crippen LogP contribution in [0, 0.1) is 10.1 Å². The van der Waals surface area contributed by atoms with Gasteiger partial charge in [-0.3, -0.25) is 19.8 Å². The Morgan fingerprint density at radius 3 is 2.79 bits per heavy atom. The molecule has 0 aliphatic carbocycles. The highest BCUT2D eigenvalue weighted by molar-refractivity contribution is 6.30. The van der Waals surface area contributed by atoms with Crippen LogP contribution in [0.1, 0.15) is 18.1 Å². The molecule has 2 aromatic rings. The van der Waals surface area contributed by atoms with E-state index in [-0.39, 0.29) is 29.8 Å². The van der Waals surface area contributed by atoms with E-state index < -0.39 is 4.92 Å². The lowest BCUT2D eigenvalue weighted by atomic mass is 10.1. The topological polar surface area (TPSA) is 93.9 Å². The maximum atomic E-state index is 12.3.